The van der Waals surface area contributed by atoms with Gasteiger partial charge in [0.05, 0.1) is 12.6 Å². The highest BCUT2D eigenvalue weighted by Gasteiger charge is 2.29. The van der Waals surface area contributed by atoms with Crippen molar-refractivity contribution >= 4 is 56.5 Å². The fourth-order valence-electron chi connectivity index (χ4n) is 5.54. The Hall–Kier alpha value is -3.65. The van der Waals surface area contributed by atoms with Crippen molar-refractivity contribution in [1.82, 2.24) is 15.1 Å². The van der Waals surface area contributed by atoms with Gasteiger partial charge in [0.15, 0.2) is 0 Å². The van der Waals surface area contributed by atoms with E-state index in [1.54, 1.807) is 16.0 Å². The van der Waals surface area contributed by atoms with E-state index < -0.39 is 5.97 Å². The van der Waals surface area contributed by atoms with E-state index in [2.05, 4.69) is 40.9 Å². The Kier molecular flexibility index (Phi) is 9.31. The molecule has 0 aliphatic carbocycles. The van der Waals surface area contributed by atoms with Crippen molar-refractivity contribution in [3.63, 3.8) is 0 Å². The Labute approximate surface area is 258 Å². The predicted molar refractivity (Wildman–Crippen MR) is 171 cm³/mol. The molecule has 3 aromatic carbocycles. The number of thiophene rings is 1. The minimum absolute atomic E-state index is 0.00595. The molecule has 2 aromatic heterocycles. The smallest absolute Gasteiger partial charge is 0.305 e. The zero-order valence-electron chi connectivity index (χ0n) is 23.3. The number of aryl methyl sites for hydroxylation is 1. The van der Waals surface area contributed by atoms with E-state index >= 15 is 0 Å². The number of aliphatic carboxylic acids is 1. The summed E-state index contributed by atoms with van der Waals surface area (Å²) in [6.45, 7) is 2.27. The van der Waals surface area contributed by atoms with Crippen molar-refractivity contribution in [1.29, 1.82) is 0 Å². The number of nitrogens with zero attached hydrogens (tertiary/aromatic N) is 2. The van der Waals surface area contributed by atoms with Crippen LogP contribution >= 0.6 is 34.5 Å². The minimum Gasteiger partial charge on any atom is -0.481 e. The second kappa shape index (κ2) is 13.1. The molecule has 2 N–H and O–H groups in total. The zero-order valence-corrected chi connectivity index (χ0v) is 25.6. The number of carboxylic acids is 1. The maximum atomic E-state index is 12.6. The summed E-state index contributed by atoms with van der Waals surface area (Å²) in [5.41, 5.74) is 6.03. The van der Waals surface area contributed by atoms with Gasteiger partial charge in [-0.25, -0.2) is 0 Å². The van der Waals surface area contributed by atoms with Gasteiger partial charge in [-0.3, -0.25) is 14.3 Å². The number of carbonyl (C=O) groups excluding carboxylic acids is 1. The number of hydrogen-bond donors (Lipinski definition) is 2. The lowest BCUT2D eigenvalue weighted by molar-refractivity contribution is -0.136. The van der Waals surface area contributed by atoms with Gasteiger partial charge in [-0.15, -0.1) is 11.3 Å². The Balaban J connectivity index is 1.59. The van der Waals surface area contributed by atoms with Gasteiger partial charge in [-0.1, -0.05) is 60.8 Å². The fourth-order valence-corrected chi connectivity index (χ4v) is 7.01. The van der Waals surface area contributed by atoms with Gasteiger partial charge in [0.1, 0.15) is 0 Å². The van der Waals surface area contributed by atoms with Crippen molar-refractivity contribution in [3.8, 4) is 11.1 Å². The highest BCUT2D eigenvalue weighted by molar-refractivity contribution is 7.18. The third-order valence-electron chi connectivity index (χ3n) is 7.48. The summed E-state index contributed by atoms with van der Waals surface area (Å²) in [5.74, 6) is -1.12. The predicted octanol–water partition coefficient (Wildman–Crippen LogP) is 8.53. The number of benzene rings is 3. The molecule has 0 spiro atoms. The summed E-state index contributed by atoms with van der Waals surface area (Å²) in [7, 11) is 1.90. The molecule has 0 radical (unpaired) electrons. The van der Waals surface area contributed by atoms with E-state index in [0.717, 1.165) is 45.2 Å². The Morgan fingerprint density at radius 3 is 2.38 bits per heavy atom. The van der Waals surface area contributed by atoms with Crippen LogP contribution < -0.4 is 5.32 Å². The SMILES string of the molecule is CCCC(c1ccc(C(=O)NCCC(=O)O)cc1)C(c1ccc(Cl)cc1)c1csc2c(-c3cnn(C)c3)cc(Cl)cc12. The van der Waals surface area contributed by atoms with Gasteiger partial charge < -0.3 is 10.4 Å². The molecule has 2 heterocycles. The molecule has 6 nitrogen and oxygen atoms in total. The summed E-state index contributed by atoms with van der Waals surface area (Å²) in [6.07, 6.45) is 5.63. The van der Waals surface area contributed by atoms with Crippen LogP contribution in [0.25, 0.3) is 21.2 Å². The molecule has 2 atom stereocenters. The summed E-state index contributed by atoms with van der Waals surface area (Å²) >= 11 is 14.8. The van der Waals surface area contributed by atoms with Crippen LogP contribution in [0.5, 0.6) is 0 Å². The molecule has 2 unspecified atom stereocenters. The van der Waals surface area contributed by atoms with Crippen LogP contribution in [0.15, 0.2) is 78.4 Å². The summed E-state index contributed by atoms with van der Waals surface area (Å²) in [4.78, 5) is 23.4. The number of halogens is 2. The van der Waals surface area contributed by atoms with E-state index in [-0.39, 0.29) is 30.7 Å². The lowest BCUT2D eigenvalue weighted by atomic mass is 9.75. The molecule has 216 valence electrons. The highest BCUT2D eigenvalue weighted by Crippen LogP contribution is 2.48. The molecule has 1 amide bonds. The standard InChI is InChI=1S/C33H31Cl2N3O3S/c1-3-4-26(20-5-7-22(8-6-20)33(41)36-14-13-30(39)40)31(21-9-11-24(34)12-10-21)29-19-42-32-27(15-25(35)16-28(29)32)23-17-37-38(2)18-23/h5-12,15-19,26,31H,3-4,13-14H2,1-2H3,(H,36,41)(H,39,40). The van der Waals surface area contributed by atoms with Crippen molar-refractivity contribution in [2.24, 2.45) is 7.05 Å². The number of aromatic nitrogens is 2. The fraction of sp³-hybridized carbons (Fsp3) is 0.242. The largest absolute Gasteiger partial charge is 0.481 e. The second-order valence-electron chi connectivity index (χ2n) is 10.4. The Bertz CT molecular complexity index is 1710. The van der Waals surface area contributed by atoms with Crippen molar-refractivity contribution < 1.29 is 14.7 Å². The summed E-state index contributed by atoms with van der Waals surface area (Å²) < 4.78 is 2.95. The van der Waals surface area contributed by atoms with Gasteiger partial charge in [0.2, 0.25) is 0 Å². The van der Waals surface area contributed by atoms with Crippen molar-refractivity contribution in [2.75, 3.05) is 6.54 Å². The molecule has 42 heavy (non-hydrogen) atoms. The lowest BCUT2D eigenvalue weighted by Crippen LogP contribution is -2.26. The third-order valence-corrected chi connectivity index (χ3v) is 8.99. The number of amides is 1. The van der Waals surface area contributed by atoms with Gasteiger partial charge in [0.25, 0.3) is 5.91 Å². The van der Waals surface area contributed by atoms with Crippen LogP contribution in [-0.2, 0) is 11.8 Å². The molecule has 0 fully saturated rings. The first-order valence-electron chi connectivity index (χ1n) is 13.8. The molecule has 0 aliphatic rings. The molecule has 9 heteroatoms. The molecular formula is C33H31Cl2N3O3S. The number of rotatable bonds is 11. The number of fused-ring (bicyclic) bond motifs is 1. The molecular weight excluding hydrogens is 589 g/mol. The first-order valence-corrected chi connectivity index (χ1v) is 15.4. The van der Waals surface area contributed by atoms with Crippen LogP contribution in [-0.4, -0.2) is 33.3 Å². The Morgan fingerprint density at radius 1 is 1.02 bits per heavy atom. The number of nitrogens with one attached hydrogen (secondary N) is 1. The molecule has 0 aliphatic heterocycles. The topological polar surface area (TPSA) is 84.2 Å². The second-order valence-corrected chi connectivity index (χ2v) is 12.1. The molecule has 0 bridgehead atoms. The quantitative estimate of drug-likeness (QED) is 0.155. The number of hydrogen-bond acceptors (Lipinski definition) is 4. The van der Waals surface area contributed by atoms with E-state index in [1.807, 2.05) is 61.9 Å². The van der Waals surface area contributed by atoms with Gasteiger partial charge >= 0.3 is 5.97 Å². The van der Waals surface area contributed by atoms with E-state index in [1.165, 1.54) is 5.56 Å². The lowest BCUT2D eigenvalue weighted by Gasteiger charge is -2.29. The maximum Gasteiger partial charge on any atom is 0.305 e. The normalized spacial score (nSPS) is 12.8. The van der Waals surface area contributed by atoms with E-state index in [9.17, 15) is 9.59 Å². The van der Waals surface area contributed by atoms with E-state index in [0.29, 0.717) is 15.6 Å². The maximum absolute atomic E-state index is 12.6. The zero-order chi connectivity index (χ0) is 29.8. The van der Waals surface area contributed by atoms with Crippen LogP contribution in [0.3, 0.4) is 0 Å². The molecule has 5 aromatic rings. The number of carbonyl (C=O) groups is 2. The molecule has 5 rings (SSSR count). The van der Waals surface area contributed by atoms with Crippen molar-refractivity contribution in [3.05, 3.63) is 111 Å². The van der Waals surface area contributed by atoms with Crippen LogP contribution in [0.4, 0.5) is 0 Å². The first kappa shape index (κ1) is 29.8. The molecule has 0 saturated heterocycles. The average Bonchev–Trinajstić information content (AvgIpc) is 3.59. The van der Waals surface area contributed by atoms with E-state index in [4.69, 9.17) is 28.3 Å². The monoisotopic (exact) mass is 619 g/mol. The summed E-state index contributed by atoms with van der Waals surface area (Å²) in [6, 6.07) is 19.8. The van der Waals surface area contributed by atoms with Gasteiger partial charge in [-0.2, -0.15) is 5.10 Å². The van der Waals surface area contributed by atoms with Gasteiger partial charge in [-0.05, 0) is 76.2 Å². The van der Waals surface area contributed by atoms with Crippen molar-refractivity contribution in [2.45, 2.75) is 38.0 Å². The third kappa shape index (κ3) is 6.54. The van der Waals surface area contributed by atoms with Crippen LogP contribution in [0, 0.1) is 0 Å². The Morgan fingerprint density at radius 2 is 1.74 bits per heavy atom. The van der Waals surface area contributed by atoms with Crippen LogP contribution in [0.1, 0.15) is 65.1 Å². The minimum atomic E-state index is -0.948. The molecule has 0 saturated carbocycles. The van der Waals surface area contributed by atoms with Gasteiger partial charge in [0, 0.05) is 57.1 Å². The summed E-state index contributed by atoms with van der Waals surface area (Å²) in [5, 5.41) is 20.6. The highest BCUT2D eigenvalue weighted by atomic mass is 35.5. The average molecular weight is 621 g/mol. The van der Waals surface area contributed by atoms with Crippen LogP contribution in [0.2, 0.25) is 10.0 Å². The first-order chi connectivity index (χ1) is 20.2. The number of carboxylic acid groups (broad SMARTS) is 1.